The zero-order valence-corrected chi connectivity index (χ0v) is 5.48. The average Bonchev–Trinajstić information content (AvgIpc) is 1.88. The first-order valence-corrected chi connectivity index (χ1v) is 3.71. The number of hydrogen-bond donors (Lipinski definition) is 3. The lowest BCUT2D eigenvalue weighted by Gasteiger charge is -2.36. The number of hydrazine groups is 2. The minimum absolute atomic E-state index is 0.727. The third-order valence-electron chi connectivity index (χ3n) is 2.23. The van der Waals surface area contributed by atoms with Crippen molar-refractivity contribution in [3.8, 4) is 0 Å². The van der Waals surface area contributed by atoms with E-state index in [4.69, 9.17) is 0 Å². The molecule has 1 heterocycles. The topological polar surface area (TPSA) is 36.1 Å². The van der Waals surface area contributed by atoms with Gasteiger partial charge in [0.2, 0.25) is 0 Å². The molecule has 3 N–H and O–H groups in total. The van der Waals surface area contributed by atoms with Gasteiger partial charge in [0.25, 0.3) is 0 Å². The van der Waals surface area contributed by atoms with Crippen molar-refractivity contribution in [1.29, 1.82) is 0 Å². The molecule has 0 spiro atoms. The van der Waals surface area contributed by atoms with Gasteiger partial charge in [-0.05, 0) is 19.3 Å². The van der Waals surface area contributed by atoms with E-state index in [0.29, 0.717) is 0 Å². The van der Waals surface area contributed by atoms with Crippen LogP contribution in [0.25, 0.3) is 0 Å². The Morgan fingerprint density at radius 2 is 1.67 bits per heavy atom. The molecule has 0 aromatic carbocycles. The van der Waals surface area contributed by atoms with Gasteiger partial charge in [0.15, 0.2) is 0 Å². The molecular formula is C6H13N3. The fraction of sp³-hybridized carbons (Fsp3) is 1.00. The van der Waals surface area contributed by atoms with E-state index in [0.717, 1.165) is 12.1 Å². The summed E-state index contributed by atoms with van der Waals surface area (Å²) in [6.07, 6.45) is 5.35. The Balaban J connectivity index is 1.96. The minimum Gasteiger partial charge on any atom is -0.241 e. The van der Waals surface area contributed by atoms with Crippen LogP contribution in [0.5, 0.6) is 0 Å². The first-order valence-electron chi connectivity index (χ1n) is 3.71. The van der Waals surface area contributed by atoms with Gasteiger partial charge in [-0.2, -0.15) is 5.53 Å². The van der Waals surface area contributed by atoms with Crippen molar-refractivity contribution in [2.24, 2.45) is 0 Å². The molecule has 1 saturated heterocycles. The fourth-order valence-electron chi connectivity index (χ4n) is 1.70. The van der Waals surface area contributed by atoms with Crippen molar-refractivity contribution in [1.82, 2.24) is 16.4 Å². The maximum absolute atomic E-state index is 3.19. The number of fused-ring (bicyclic) bond motifs is 2. The van der Waals surface area contributed by atoms with Gasteiger partial charge in [0.05, 0.1) is 0 Å². The predicted molar refractivity (Wildman–Crippen MR) is 35.5 cm³/mol. The van der Waals surface area contributed by atoms with Gasteiger partial charge >= 0.3 is 0 Å². The van der Waals surface area contributed by atoms with Crippen molar-refractivity contribution in [2.45, 2.75) is 37.8 Å². The van der Waals surface area contributed by atoms with Crippen LogP contribution in [0, 0.1) is 0 Å². The maximum Gasteiger partial charge on any atom is 0.0241 e. The van der Waals surface area contributed by atoms with Crippen molar-refractivity contribution in [2.75, 3.05) is 0 Å². The molecule has 2 unspecified atom stereocenters. The summed E-state index contributed by atoms with van der Waals surface area (Å²) in [6, 6.07) is 1.45. The zero-order valence-electron chi connectivity index (χ0n) is 5.48. The molecule has 2 fully saturated rings. The van der Waals surface area contributed by atoms with Crippen LogP contribution in [0.3, 0.4) is 0 Å². The highest BCUT2D eigenvalue weighted by atomic mass is 15.6. The second-order valence-electron chi connectivity index (χ2n) is 2.97. The SMILES string of the molecule is C1CC2CC(C1)NNN2. The van der Waals surface area contributed by atoms with E-state index in [2.05, 4.69) is 16.4 Å². The number of hydrogen-bond acceptors (Lipinski definition) is 3. The molecule has 3 nitrogen and oxygen atoms in total. The van der Waals surface area contributed by atoms with E-state index in [1.165, 1.54) is 25.7 Å². The fourth-order valence-corrected chi connectivity index (χ4v) is 1.70. The summed E-state index contributed by atoms with van der Waals surface area (Å²) in [5, 5.41) is 0. The molecule has 52 valence electrons. The van der Waals surface area contributed by atoms with E-state index in [9.17, 15) is 0 Å². The minimum atomic E-state index is 0.727. The largest absolute Gasteiger partial charge is 0.241 e. The van der Waals surface area contributed by atoms with E-state index in [1.54, 1.807) is 0 Å². The van der Waals surface area contributed by atoms with Gasteiger partial charge in [-0.1, -0.05) is 6.42 Å². The van der Waals surface area contributed by atoms with E-state index < -0.39 is 0 Å². The highest BCUT2D eigenvalue weighted by molar-refractivity contribution is 4.82. The van der Waals surface area contributed by atoms with Gasteiger partial charge in [-0.3, -0.25) is 0 Å². The normalized spacial score (nSPS) is 42.7. The summed E-state index contributed by atoms with van der Waals surface area (Å²) in [6.45, 7) is 0. The van der Waals surface area contributed by atoms with E-state index >= 15 is 0 Å². The summed E-state index contributed by atoms with van der Waals surface area (Å²) in [5.41, 5.74) is 9.37. The molecule has 0 radical (unpaired) electrons. The van der Waals surface area contributed by atoms with Crippen LogP contribution < -0.4 is 16.4 Å². The first kappa shape index (κ1) is 5.65. The Labute approximate surface area is 55.1 Å². The van der Waals surface area contributed by atoms with Crippen LogP contribution in [0.2, 0.25) is 0 Å². The van der Waals surface area contributed by atoms with Crippen LogP contribution in [0.4, 0.5) is 0 Å². The summed E-state index contributed by atoms with van der Waals surface area (Å²) >= 11 is 0. The van der Waals surface area contributed by atoms with Crippen LogP contribution in [0.15, 0.2) is 0 Å². The molecule has 1 aliphatic carbocycles. The van der Waals surface area contributed by atoms with Crippen molar-refractivity contribution in [3.05, 3.63) is 0 Å². The van der Waals surface area contributed by atoms with Crippen LogP contribution in [0.1, 0.15) is 25.7 Å². The molecular weight excluding hydrogens is 114 g/mol. The lowest BCUT2D eigenvalue weighted by Crippen LogP contribution is -2.61. The van der Waals surface area contributed by atoms with Crippen LogP contribution in [-0.4, -0.2) is 12.1 Å². The Morgan fingerprint density at radius 1 is 1.00 bits per heavy atom. The van der Waals surface area contributed by atoms with E-state index in [-0.39, 0.29) is 0 Å². The quantitative estimate of drug-likeness (QED) is 0.425. The molecule has 2 rings (SSSR count). The molecule has 1 aliphatic heterocycles. The lowest BCUT2D eigenvalue weighted by atomic mass is 9.91. The van der Waals surface area contributed by atoms with Crippen molar-refractivity contribution >= 4 is 0 Å². The lowest BCUT2D eigenvalue weighted by molar-refractivity contribution is 0.180. The molecule has 0 aromatic heterocycles. The van der Waals surface area contributed by atoms with Crippen LogP contribution >= 0.6 is 0 Å². The second-order valence-corrected chi connectivity index (χ2v) is 2.97. The highest BCUT2D eigenvalue weighted by Crippen LogP contribution is 2.19. The second kappa shape index (κ2) is 2.25. The Bertz CT molecular complexity index is 84.5. The molecule has 2 atom stereocenters. The zero-order chi connectivity index (χ0) is 6.10. The third kappa shape index (κ3) is 1.08. The third-order valence-corrected chi connectivity index (χ3v) is 2.23. The maximum atomic E-state index is 3.19. The van der Waals surface area contributed by atoms with Crippen molar-refractivity contribution in [3.63, 3.8) is 0 Å². The van der Waals surface area contributed by atoms with Gasteiger partial charge < -0.3 is 0 Å². The summed E-state index contributed by atoms with van der Waals surface area (Å²) in [5.74, 6) is 0. The molecule has 0 aromatic rings. The molecule has 3 heteroatoms. The van der Waals surface area contributed by atoms with Gasteiger partial charge in [-0.15, -0.1) is 0 Å². The Hall–Kier alpha value is -0.120. The monoisotopic (exact) mass is 127 g/mol. The van der Waals surface area contributed by atoms with Gasteiger partial charge in [0.1, 0.15) is 0 Å². The summed E-state index contributed by atoms with van der Waals surface area (Å²) < 4.78 is 0. The van der Waals surface area contributed by atoms with Crippen molar-refractivity contribution < 1.29 is 0 Å². The first-order chi connectivity index (χ1) is 4.45. The molecule has 0 amide bonds. The van der Waals surface area contributed by atoms with E-state index in [1.807, 2.05) is 0 Å². The smallest absolute Gasteiger partial charge is 0.0241 e. The van der Waals surface area contributed by atoms with Crippen LogP contribution in [-0.2, 0) is 0 Å². The number of nitrogens with one attached hydrogen (secondary N) is 3. The number of rotatable bonds is 0. The average molecular weight is 127 g/mol. The Morgan fingerprint density at radius 3 is 2.22 bits per heavy atom. The van der Waals surface area contributed by atoms with Gasteiger partial charge in [0, 0.05) is 12.1 Å². The van der Waals surface area contributed by atoms with Gasteiger partial charge in [-0.25, -0.2) is 10.9 Å². The molecule has 9 heavy (non-hydrogen) atoms. The highest BCUT2D eigenvalue weighted by Gasteiger charge is 2.24. The molecule has 1 saturated carbocycles. The summed E-state index contributed by atoms with van der Waals surface area (Å²) in [4.78, 5) is 0. The molecule has 2 bridgehead atoms. The summed E-state index contributed by atoms with van der Waals surface area (Å²) in [7, 11) is 0. The Kier molecular flexibility index (Phi) is 1.41. The molecule has 2 aliphatic rings. The standard InChI is InChI=1S/C6H13N3/c1-2-5-4-6(3-1)8-9-7-5/h5-9H,1-4H2. The predicted octanol–water partition coefficient (Wildman–Crippen LogP) is -0.0900.